The predicted molar refractivity (Wildman–Crippen MR) is 84.4 cm³/mol. The molecule has 2 N–H and O–H groups in total. The van der Waals surface area contributed by atoms with Gasteiger partial charge in [0.1, 0.15) is 0 Å². The second kappa shape index (κ2) is 5.52. The summed E-state index contributed by atoms with van der Waals surface area (Å²) in [4.78, 5) is 12.1. The van der Waals surface area contributed by atoms with Gasteiger partial charge >= 0.3 is 0 Å². The zero-order chi connectivity index (χ0) is 15.7. The molecule has 1 heterocycles. The Labute approximate surface area is 127 Å². The highest BCUT2D eigenvalue weighted by molar-refractivity contribution is 6.32. The first-order chi connectivity index (χ1) is 10.6. The molecule has 5 heteroatoms. The van der Waals surface area contributed by atoms with Gasteiger partial charge in [-0.1, -0.05) is 12.1 Å². The molecule has 1 aliphatic heterocycles. The molecule has 0 bridgehead atoms. The Hall–Kier alpha value is -2.82. The summed E-state index contributed by atoms with van der Waals surface area (Å²) in [6, 6.07) is 10.2. The minimum absolute atomic E-state index is 0.175. The molecule has 22 heavy (non-hydrogen) atoms. The van der Waals surface area contributed by atoms with E-state index in [2.05, 4.69) is 10.6 Å². The molecule has 1 amide bonds. The SMILES string of the molecule is COc1ccc(N/C=C2/C(=O)Nc3cccc(C)c32)cc1F. The highest BCUT2D eigenvalue weighted by Gasteiger charge is 2.25. The zero-order valence-corrected chi connectivity index (χ0v) is 12.2. The summed E-state index contributed by atoms with van der Waals surface area (Å²) in [5.41, 5.74) is 3.74. The summed E-state index contributed by atoms with van der Waals surface area (Å²) in [6.45, 7) is 1.94. The number of halogens is 1. The van der Waals surface area contributed by atoms with Gasteiger partial charge in [-0.3, -0.25) is 4.79 Å². The molecule has 0 saturated carbocycles. The van der Waals surface area contributed by atoms with Crippen LogP contribution in [0.4, 0.5) is 15.8 Å². The Kier molecular flexibility index (Phi) is 3.55. The normalized spacial score (nSPS) is 14.7. The number of fused-ring (bicyclic) bond motifs is 1. The molecular formula is C17H15FN2O2. The van der Waals surface area contributed by atoms with Crippen LogP contribution in [-0.2, 0) is 4.79 Å². The average molecular weight is 298 g/mol. The van der Waals surface area contributed by atoms with Crippen LogP contribution in [0.15, 0.2) is 42.6 Å². The zero-order valence-electron chi connectivity index (χ0n) is 12.2. The first-order valence-electron chi connectivity index (χ1n) is 6.81. The van der Waals surface area contributed by atoms with Crippen LogP contribution in [-0.4, -0.2) is 13.0 Å². The third kappa shape index (κ3) is 2.41. The number of nitrogens with one attached hydrogen (secondary N) is 2. The molecule has 2 aromatic carbocycles. The fourth-order valence-corrected chi connectivity index (χ4v) is 2.48. The molecule has 3 rings (SSSR count). The number of aryl methyl sites for hydroxylation is 1. The largest absolute Gasteiger partial charge is 0.494 e. The smallest absolute Gasteiger partial charge is 0.257 e. The minimum atomic E-state index is -0.460. The van der Waals surface area contributed by atoms with Crippen LogP contribution < -0.4 is 15.4 Å². The van der Waals surface area contributed by atoms with Gasteiger partial charge in [-0.15, -0.1) is 0 Å². The van der Waals surface area contributed by atoms with Crippen molar-refractivity contribution in [1.82, 2.24) is 0 Å². The maximum Gasteiger partial charge on any atom is 0.257 e. The summed E-state index contributed by atoms with van der Waals surface area (Å²) in [6.07, 6.45) is 1.59. The molecule has 0 aliphatic carbocycles. The van der Waals surface area contributed by atoms with Crippen molar-refractivity contribution in [3.63, 3.8) is 0 Å². The maximum atomic E-state index is 13.7. The van der Waals surface area contributed by atoms with Gasteiger partial charge < -0.3 is 15.4 Å². The number of amides is 1. The topological polar surface area (TPSA) is 50.4 Å². The molecule has 0 unspecified atom stereocenters. The van der Waals surface area contributed by atoms with Crippen LogP contribution in [0.5, 0.6) is 5.75 Å². The highest BCUT2D eigenvalue weighted by Crippen LogP contribution is 2.34. The van der Waals surface area contributed by atoms with E-state index < -0.39 is 5.82 Å². The monoisotopic (exact) mass is 298 g/mol. The van der Waals surface area contributed by atoms with E-state index in [0.717, 1.165) is 16.8 Å². The molecule has 0 spiro atoms. The molecule has 0 fully saturated rings. The lowest BCUT2D eigenvalue weighted by molar-refractivity contribution is -0.110. The third-order valence-corrected chi connectivity index (χ3v) is 3.57. The summed E-state index contributed by atoms with van der Waals surface area (Å²) in [5.74, 6) is -0.456. The van der Waals surface area contributed by atoms with Gasteiger partial charge in [0.15, 0.2) is 11.6 Å². The number of rotatable bonds is 3. The van der Waals surface area contributed by atoms with E-state index in [1.165, 1.54) is 19.2 Å². The second-order valence-electron chi connectivity index (χ2n) is 5.00. The quantitative estimate of drug-likeness (QED) is 0.852. The molecule has 0 atom stereocenters. The number of ether oxygens (including phenoxy) is 1. The van der Waals surface area contributed by atoms with Crippen LogP contribution in [0.25, 0.3) is 5.57 Å². The summed E-state index contributed by atoms with van der Waals surface area (Å²) in [7, 11) is 1.41. The van der Waals surface area contributed by atoms with Crippen molar-refractivity contribution in [2.75, 3.05) is 17.7 Å². The van der Waals surface area contributed by atoms with Gasteiger partial charge in [0, 0.05) is 29.2 Å². The van der Waals surface area contributed by atoms with Crippen LogP contribution in [0.3, 0.4) is 0 Å². The van der Waals surface area contributed by atoms with E-state index in [1.54, 1.807) is 12.3 Å². The van der Waals surface area contributed by atoms with E-state index in [-0.39, 0.29) is 11.7 Å². The fourth-order valence-electron chi connectivity index (χ4n) is 2.48. The van der Waals surface area contributed by atoms with Crippen LogP contribution in [0.2, 0.25) is 0 Å². The number of carbonyl (C=O) groups excluding carboxylic acids is 1. The van der Waals surface area contributed by atoms with Crippen molar-refractivity contribution in [2.45, 2.75) is 6.92 Å². The molecular weight excluding hydrogens is 283 g/mol. The lowest BCUT2D eigenvalue weighted by atomic mass is 10.0. The molecule has 0 radical (unpaired) electrons. The molecule has 112 valence electrons. The van der Waals surface area contributed by atoms with Crippen molar-refractivity contribution in [3.8, 4) is 5.75 Å². The van der Waals surface area contributed by atoms with Gasteiger partial charge in [-0.2, -0.15) is 0 Å². The van der Waals surface area contributed by atoms with Crippen molar-refractivity contribution in [1.29, 1.82) is 0 Å². The number of hydrogen-bond acceptors (Lipinski definition) is 3. The van der Waals surface area contributed by atoms with E-state index >= 15 is 0 Å². The Morgan fingerprint density at radius 3 is 2.82 bits per heavy atom. The summed E-state index contributed by atoms with van der Waals surface area (Å²) >= 11 is 0. The van der Waals surface area contributed by atoms with E-state index in [4.69, 9.17) is 4.74 Å². The summed E-state index contributed by atoms with van der Waals surface area (Å²) in [5, 5.41) is 5.77. The first-order valence-corrected chi connectivity index (χ1v) is 6.81. The van der Waals surface area contributed by atoms with Crippen molar-refractivity contribution >= 4 is 22.9 Å². The molecule has 0 saturated heterocycles. The predicted octanol–water partition coefficient (Wildman–Crippen LogP) is 3.55. The number of benzene rings is 2. The minimum Gasteiger partial charge on any atom is -0.494 e. The van der Waals surface area contributed by atoms with E-state index in [9.17, 15) is 9.18 Å². The van der Waals surface area contributed by atoms with Crippen LogP contribution >= 0.6 is 0 Å². The Morgan fingerprint density at radius 1 is 1.27 bits per heavy atom. The lowest BCUT2D eigenvalue weighted by Gasteiger charge is -2.06. The maximum absolute atomic E-state index is 13.7. The van der Waals surface area contributed by atoms with E-state index in [1.807, 2.05) is 25.1 Å². The third-order valence-electron chi connectivity index (χ3n) is 3.57. The van der Waals surface area contributed by atoms with Crippen molar-refractivity contribution in [3.05, 3.63) is 59.5 Å². The van der Waals surface area contributed by atoms with E-state index in [0.29, 0.717) is 11.3 Å². The van der Waals surface area contributed by atoms with Gasteiger partial charge in [0.2, 0.25) is 0 Å². The molecule has 1 aliphatic rings. The number of carbonyl (C=O) groups is 1. The standard InChI is InChI=1S/C17H15FN2O2/c1-10-4-3-5-14-16(10)12(17(21)20-14)9-19-11-6-7-15(22-2)13(18)8-11/h3-9,19H,1-2H3,(H,20,21)/b12-9+. The molecule has 0 aromatic heterocycles. The van der Waals surface area contributed by atoms with Gasteiger partial charge in [-0.25, -0.2) is 4.39 Å². The van der Waals surface area contributed by atoms with Gasteiger partial charge in [0.25, 0.3) is 5.91 Å². The Bertz CT molecular complexity index is 784. The van der Waals surface area contributed by atoms with Gasteiger partial charge in [0.05, 0.1) is 12.7 Å². The average Bonchev–Trinajstić information content (AvgIpc) is 2.82. The summed E-state index contributed by atoms with van der Waals surface area (Å²) < 4.78 is 18.5. The number of hydrogen-bond donors (Lipinski definition) is 2. The highest BCUT2D eigenvalue weighted by atomic mass is 19.1. The molecule has 2 aromatic rings. The van der Waals surface area contributed by atoms with Gasteiger partial charge in [-0.05, 0) is 30.7 Å². The van der Waals surface area contributed by atoms with Crippen LogP contribution in [0.1, 0.15) is 11.1 Å². The van der Waals surface area contributed by atoms with Crippen molar-refractivity contribution in [2.24, 2.45) is 0 Å². The van der Waals surface area contributed by atoms with Crippen molar-refractivity contribution < 1.29 is 13.9 Å². The fraction of sp³-hybridized carbons (Fsp3) is 0.118. The Balaban J connectivity index is 1.91. The number of anilines is 2. The Morgan fingerprint density at radius 2 is 2.09 bits per heavy atom. The first kappa shape index (κ1) is 14.1. The number of methoxy groups -OCH3 is 1. The second-order valence-corrected chi connectivity index (χ2v) is 5.00. The van der Waals surface area contributed by atoms with Crippen LogP contribution in [0, 0.1) is 12.7 Å². The lowest BCUT2D eigenvalue weighted by Crippen LogP contribution is -2.05. The molecule has 4 nitrogen and oxygen atoms in total.